The van der Waals surface area contributed by atoms with E-state index in [1.165, 1.54) is 23.1 Å². The first-order chi connectivity index (χ1) is 8.38. The lowest BCUT2D eigenvalue weighted by Crippen LogP contribution is -2.29. The van der Waals surface area contributed by atoms with E-state index in [9.17, 15) is 0 Å². The molecule has 0 radical (unpaired) electrons. The Morgan fingerprint density at radius 3 is 2.94 bits per heavy atom. The summed E-state index contributed by atoms with van der Waals surface area (Å²) in [5.41, 5.74) is 3.99. The van der Waals surface area contributed by atoms with Crippen LogP contribution in [0.15, 0.2) is 18.2 Å². The van der Waals surface area contributed by atoms with Crippen molar-refractivity contribution in [1.82, 2.24) is 5.32 Å². The van der Waals surface area contributed by atoms with Crippen LogP contribution in [-0.2, 0) is 22.7 Å². The van der Waals surface area contributed by atoms with Gasteiger partial charge in [-0.2, -0.15) is 0 Å². The van der Waals surface area contributed by atoms with Crippen LogP contribution in [0.4, 0.5) is 0 Å². The normalized spacial score (nSPS) is 24.9. The van der Waals surface area contributed by atoms with Gasteiger partial charge in [-0.1, -0.05) is 18.2 Å². The maximum atomic E-state index is 5.79. The maximum absolute atomic E-state index is 5.79. The summed E-state index contributed by atoms with van der Waals surface area (Å²) >= 11 is 0. The van der Waals surface area contributed by atoms with Crippen molar-refractivity contribution in [2.75, 3.05) is 13.7 Å². The third-order valence-electron chi connectivity index (χ3n) is 3.75. The molecule has 17 heavy (non-hydrogen) atoms. The minimum atomic E-state index is 0.309. The molecule has 1 aromatic rings. The first-order valence-electron chi connectivity index (χ1n) is 6.37. The summed E-state index contributed by atoms with van der Waals surface area (Å²) in [5.74, 6) is 0. The quantitative estimate of drug-likeness (QED) is 0.867. The van der Waals surface area contributed by atoms with Crippen molar-refractivity contribution in [3.63, 3.8) is 0 Å². The number of nitrogens with one attached hydrogen (secondary N) is 1. The molecule has 2 aliphatic rings. The fraction of sp³-hybridized carbons (Fsp3) is 0.571. The summed E-state index contributed by atoms with van der Waals surface area (Å²) in [6.45, 7) is 2.42. The molecule has 3 nitrogen and oxygen atoms in total. The zero-order valence-corrected chi connectivity index (χ0v) is 10.2. The third kappa shape index (κ3) is 2.10. The van der Waals surface area contributed by atoms with E-state index < -0.39 is 0 Å². The molecule has 0 amide bonds. The van der Waals surface area contributed by atoms with Gasteiger partial charge in [0.15, 0.2) is 0 Å². The van der Waals surface area contributed by atoms with Gasteiger partial charge >= 0.3 is 0 Å². The van der Waals surface area contributed by atoms with Crippen LogP contribution in [0.25, 0.3) is 0 Å². The lowest BCUT2D eigenvalue weighted by molar-refractivity contribution is 0.0807. The van der Waals surface area contributed by atoms with Crippen LogP contribution in [0.1, 0.15) is 35.6 Å². The summed E-state index contributed by atoms with van der Waals surface area (Å²) < 4.78 is 11.2. The van der Waals surface area contributed by atoms with Gasteiger partial charge in [0.2, 0.25) is 0 Å². The summed E-state index contributed by atoms with van der Waals surface area (Å²) in [7, 11) is 2.01. The van der Waals surface area contributed by atoms with Gasteiger partial charge in [-0.3, -0.25) is 0 Å². The van der Waals surface area contributed by atoms with Gasteiger partial charge in [0, 0.05) is 6.61 Å². The monoisotopic (exact) mass is 233 g/mol. The smallest absolute Gasteiger partial charge is 0.0770 e. The Labute approximate surface area is 102 Å². The highest BCUT2D eigenvalue weighted by molar-refractivity contribution is 5.35. The maximum Gasteiger partial charge on any atom is 0.0770 e. The van der Waals surface area contributed by atoms with Gasteiger partial charge < -0.3 is 14.8 Å². The van der Waals surface area contributed by atoms with E-state index in [2.05, 4.69) is 23.5 Å². The van der Waals surface area contributed by atoms with E-state index in [4.69, 9.17) is 9.47 Å². The largest absolute Gasteiger partial charge is 0.376 e. The van der Waals surface area contributed by atoms with E-state index in [1.54, 1.807) is 0 Å². The van der Waals surface area contributed by atoms with Crippen molar-refractivity contribution in [2.24, 2.45) is 0 Å². The van der Waals surface area contributed by atoms with Gasteiger partial charge in [-0.05, 0) is 36.6 Å². The molecule has 92 valence electrons. The fourth-order valence-electron chi connectivity index (χ4n) is 2.82. The van der Waals surface area contributed by atoms with Gasteiger partial charge in [0.25, 0.3) is 0 Å². The molecule has 0 aromatic heterocycles. The topological polar surface area (TPSA) is 30.5 Å². The van der Waals surface area contributed by atoms with E-state index >= 15 is 0 Å². The second kappa shape index (κ2) is 4.77. The highest BCUT2D eigenvalue weighted by atomic mass is 16.5. The lowest BCUT2D eigenvalue weighted by Gasteiger charge is -2.23. The Morgan fingerprint density at radius 2 is 2.18 bits per heavy atom. The second-order valence-electron chi connectivity index (χ2n) is 4.84. The van der Waals surface area contributed by atoms with Gasteiger partial charge in [-0.15, -0.1) is 0 Å². The molecule has 3 heteroatoms. The summed E-state index contributed by atoms with van der Waals surface area (Å²) in [4.78, 5) is 0. The van der Waals surface area contributed by atoms with Gasteiger partial charge in [0.05, 0.1) is 25.4 Å². The number of ether oxygens (including phenoxy) is 2. The molecule has 2 heterocycles. The van der Waals surface area contributed by atoms with Gasteiger partial charge in [0.1, 0.15) is 0 Å². The van der Waals surface area contributed by atoms with Crippen molar-refractivity contribution >= 4 is 0 Å². The van der Waals surface area contributed by atoms with Crippen molar-refractivity contribution in [3.05, 3.63) is 34.9 Å². The molecule has 3 rings (SSSR count). The highest BCUT2D eigenvalue weighted by Gasteiger charge is 2.26. The average Bonchev–Trinajstić information content (AvgIpc) is 2.99. The Bertz CT molecular complexity index is 399. The minimum absolute atomic E-state index is 0.309. The molecular weight excluding hydrogens is 214 g/mol. The summed E-state index contributed by atoms with van der Waals surface area (Å²) in [6, 6.07) is 6.97. The zero-order chi connectivity index (χ0) is 11.7. The standard InChI is InChI=1S/C14H19NO2/c1-15-14(13-3-2-6-17-13)10-4-5-11-8-16-9-12(11)7-10/h4-5,7,13-15H,2-3,6,8-9H2,1H3. The SMILES string of the molecule is CNC(c1ccc2c(c1)COC2)C1CCCO1. The molecule has 1 saturated heterocycles. The van der Waals surface area contributed by atoms with Crippen LogP contribution in [0.5, 0.6) is 0 Å². The first kappa shape index (κ1) is 11.2. The zero-order valence-electron chi connectivity index (χ0n) is 10.2. The Balaban J connectivity index is 1.85. The first-order valence-corrected chi connectivity index (χ1v) is 6.37. The molecule has 1 N–H and O–H groups in total. The van der Waals surface area contributed by atoms with Crippen molar-refractivity contribution in [2.45, 2.75) is 38.2 Å². The van der Waals surface area contributed by atoms with E-state index in [-0.39, 0.29) is 0 Å². The Kier molecular flexibility index (Phi) is 3.14. The van der Waals surface area contributed by atoms with Crippen LogP contribution in [0.3, 0.4) is 0 Å². The van der Waals surface area contributed by atoms with E-state index in [0.29, 0.717) is 12.1 Å². The predicted octanol–water partition coefficient (Wildman–Crippen LogP) is 2.16. The van der Waals surface area contributed by atoms with Crippen LogP contribution >= 0.6 is 0 Å². The minimum Gasteiger partial charge on any atom is -0.376 e. The molecule has 2 atom stereocenters. The lowest BCUT2D eigenvalue weighted by atomic mass is 9.96. The molecular formula is C14H19NO2. The number of likely N-dealkylation sites (N-methyl/N-ethyl adjacent to an activating group) is 1. The molecule has 0 bridgehead atoms. The third-order valence-corrected chi connectivity index (χ3v) is 3.75. The number of fused-ring (bicyclic) bond motifs is 1. The van der Waals surface area contributed by atoms with E-state index in [0.717, 1.165) is 26.2 Å². The molecule has 0 spiro atoms. The van der Waals surface area contributed by atoms with Gasteiger partial charge in [-0.25, -0.2) is 0 Å². The van der Waals surface area contributed by atoms with Crippen LogP contribution < -0.4 is 5.32 Å². The molecule has 1 fully saturated rings. The number of hydrogen-bond acceptors (Lipinski definition) is 3. The average molecular weight is 233 g/mol. The Hall–Kier alpha value is -0.900. The molecule has 2 unspecified atom stereocenters. The number of benzene rings is 1. The molecule has 1 aromatic carbocycles. The molecule has 0 aliphatic carbocycles. The summed E-state index contributed by atoms with van der Waals surface area (Å²) in [5, 5.41) is 3.39. The highest BCUT2D eigenvalue weighted by Crippen LogP contribution is 2.29. The molecule has 2 aliphatic heterocycles. The van der Waals surface area contributed by atoms with E-state index in [1.807, 2.05) is 7.05 Å². The number of rotatable bonds is 3. The second-order valence-corrected chi connectivity index (χ2v) is 4.84. The molecule has 0 saturated carbocycles. The summed E-state index contributed by atoms with van der Waals surface area (Å²) in [6.07, 6.45) is 2.65. The van der Waals surface area contributed by atoms with Crippen molar-refractivity contribution in [3.8, 4) is 0 Å². The Morgan fingerprint density at radius 1 is 1.29 bits per heavy atom. The van der Waals surface area contributed by atoms with Crippen molar-refractivity contribution < 1.29 is 9.47 Å². The van der Waals surface area contributed by atoms with Crippen molar-refractivity contribution in [1.29, 1.82) is 0 Å². The van der Waals surface area contributed by atoms with Crippen LogP contribution in [0.2, 0.25) is 0 Å². The van der Waals surface area contributed by atoms with Crippen LogP contribution in [0, 0.1) is 0 Å². The van der Waals surface area contributed by atoms with Crippen LogP contribution in [-0.4, -0.2) is 19.8 Å². The fourth-order valence-corrected chi connectivity index (χ4v) is 2.82. The number of hydrogen-bond donors (Lipinski definition) is 1. The predicted molar refractivity (Wildman–Crippen MR) is 65.7 cm³/mol.